The van der Waals surface area contributed by atoms with Gasteiger partial charge in [-0.25, -0.2) is 8.42 Å². The Hall–Kier alpha value is -3.23. The first-order chi connectivity index (χ1) is 16.1. The minimum atomic E-state index is -4.00. The van der Waals surface area contributed by atoms with E-state index in [-0.39, 0.29) is 15.5 Å². The first-order valence-electron chi connectivity index (χ1n) is 10.5. The molecule has 0 fully saturated rings. The molecule has 34 heavy (non-hydrogen) atoms. The molecule has 1 amide bonds. The lowest BCUT2D eigenvalue weighted by Gasteiger charge is -2.13. The van der Waals surface area contributed by atoms with Crippen LogP contribution >= 0.6 is 11.6 Å². The van der Waals surface area contributed by atoms with Crippen LogP contribution in [0.1, 0.15) is 27.0 Å². The summed E-state index contributed by atoms with van der Waals surface area (Å²) >= 11 is 6.18. The van der Waals surface area contributed by atoms with Crippen molar-refractivity contribution in [1.82, 2.24) is 5.32 Å². The molecule has 0 heterocycles. The van der Waals surface area contributed by atoms with E-state index in [0.717, 1.165) is 16.7 Å². The van der Waals surface area contributed by atoms with E-state index in [1.54, 1.807) is 26.4 Å². The lowest BCUT2D eigenvalue weighted by atomic mass is 10.1. The summed E-state index contributed by atoms with van der Waals surface area (Å²) in [6, 6.07) is 15.1. The molecule has 0 aliphatic heterocycles. The van der Waals surface area contributed by atoms with Crippen molar-refractivity contribution in [3.63, 3.8) is 0 Å². The minimum absolute atomic E-state index is 0.0270. The molecule has 0 unspecified atom stereocenters. The van der Waals surface area contributed by atoms with Crippen molar-refractivity contribution in [2.24, 2.45) is 0 Å². The molecule has 0 saturated heterocycles. The van der Waals surface area contributed by atoms with Gasteiger partial charge in [0.2, 0.25) is 0 Å². The van der Waals surface area contributed by atoms with Gasteiger partial charge in [0.05, 0.1) is 24.9 Å². The topological polar surface area (TPSA) is 93.7 Å². The van der Waals surface area contributed by atoms with Crippen molar-refractivity contribution in [3.05, 3.63) is 81.9 Å². The SMILES string of the molecule is COc1ccc(CCNC(=O)c2ccc(Cl)c(S(=O)(=O)Nc3ccc(C)cc3C)c2)cc1OC. The first-order valence-corrected chi connectivity index (χ1v) is 12.4. The number of sulfonamides is 1. The molecule has 9 heteroatoms. The third-order valence-corrected chi connectivity index (χ3v) is 7.10. The van der Waals surface area contributed by atoms with Gasteiger partial charge in [0.15, 0.2) is 11.5 Å². The zero-order chi connectivity index (χ0) is 24.9. The number of methoxy groups -OCH3 is 2. The van der Waals surface area contributed by atoms with Crippen LogP contribution in [0.2, 0.25) is 5.02 Å². The second kappa shape index (κ2) is 10.8. The highest BCUT2D eigenvalue weighted by molar-refractivity contribution is 7.92. The first kappa shape index (κ1) is 25.4. The van der Waals surface area contributed by atoms with Crippen molar-refractivity contribution >= 4 is 33.2 Å². The Balaban J connectivity index is 1.71. The number of nitrogens with one attached hydrogen (secondary N) is 2. The molecule has 0 radical (unpaired) electrons. The van der Waals surface area contributed by atoms with Gasteiger partial charge >= 0.3 is 0 Å². The Morgan fingerprint density at radius 2 is 1.68 bits per heavy atom. The van der Waals surface area contributed by atoms with Gasteiger partial charge in [0.1, 0.15) is 4.90 Å². The van der Waals surface area contributed by atoms with Crippen molar-refractivity contribution < 1.29 is 22.7 Å². The maximum Gasteiger partial charge on any atom is 0.263 e. The third-order valence-electron chi connectivity index (χ3n) is 5.26. The molecule has 2 N–H and O–H groups in total. The van der Waals surface area contributed by atoms with E-state index in [0.29, 0.717) is 30.2 Å². The molecular formula is C25H27ClN2O5S. The van der Waals surface area contributed by atoms with E-state index in [2.05, 4.69) is 10.0 Å². The fourth-order valence-corrected chi connectivity index (χ4v) is 5.09. The molecule has 7 nitrogen and oxygen atoms in total. The Kier molecular flexibility index (Phi) is 8.06. The van der Waals surface area contributed by atoms with E-state index < -0.39 is 15.9 Å². The van der Waals surface area contributed by atoms with Gasteiger partial charge in [0, 0.05) is 12.1 Å². The Morgan fingerprint density at radius 3 is 2.35 bits per heavy atom. The van der Waals surface area contributed by atoms with Gasteiger partial charge in [-0.3, -0.25) is 9.52 Å². The van der Waals surface area contributed by atoms with Crippen molar-refractivity contribution in [2.45, 2.75) is 25.2 Å². The van der Waals surface area contributed by atoms with Crippen molar-refractivity contribution in [2.75, 3.05) is 25.5 Å². The number of amides is 1. The second-order valence-electron chi connectivity index (χ2n) is 7.76. The number of ether oxygens (including phenoxy) is 2. The minimum Gasteiger partial charge on any atom is -0.493 e. The number of benzene rings is 3. The van der Waals surface area contributed by atoms with E-state index in [9.17, 15) is 13.2 Å². The van der Waals surface area contributed by atoms with Crippen molar-refractivity contribution in [3.8, 4) is 11.5 Å². The highest BCUT2D eigenvalue weighted by Gasteiger charge is 2.21. The van der Waals surface area contributed by atoms with Crippen LogP contribution in [0.4, 0.5) is 5.69 Å². The van der Waals surface area contributed by atoms with Crippen LogP contribution in [0.3, 0.4) is 0 Å². The van der Waals surface area contributed by atoms with Gasteiger partial charge in [-0.15, -0.1) is 0 Å². The lowest BCUT2D eigenvalue weighted by Crippen LogP contribution is -2.26. The predicted molar refractivity (Wildman–Crippen MR) is 134 cm³/mol. The summed E-state index contributed by atoms with van der Waals surface area (Å²) in [4.78, 5) is 12.5. The number of hydrogen-bond donors (Lipinski definition) is 2. The average molecular weight is 503 g/mol. The standard InChI is InChI=1S/C25H27ClN2O5S/c1-16-5-9-21(17(2)13-16)28-34(30,31)24-15-19(7-8-20(24)26)25(29)27-12-11-18-6-10-22(32-3)23(14-18)33-4/h5-10,13-15,28H,11-12H2,1-4H3,(H,27,29). The third kappa shape index (κ3) is 6.01. The zero-order valence-electron chi connectivity index (χ0n) is 19.4. The molecule has 0 bridgehead atoms. The van der Waals surface area contributed by atoms with Crippen LogP contribution in [-0.2, 0) is 16.4 Å². The van der Waals surface area contributed by atoms with Crippen LogP contribution in [0.15, 0.2) is 59.5 Å². The lowest BCUT2D eigenvalue weighted by molar-refractivity contribution is 0.0954. The molecule has 0 spiro atoms. The van der Waals surface area contributed by atoms with E-state index in [1.807, 2.05) is 38.1 Å². The molecule has 0 aliphatic carbocycles. The number of carbonyl (C=O) groups is 1. The molecule has 3 aromatic carbocycles. The fourth-order valence-electron chi connectivity index (χ4n) is 3.44. The van der Waals surface area contributed by atoms with Gasteiger partial charge in [-0.2, -0.15) is 0 Å². The van der Waals surface area contributed by atoms with E-state index >= 15 is 0 Å². The van der Waals surface area contributed by atoms with Gasteiger partial charge in [-0.1, -0.05) is 35.4 Å². The molecule has 0 saturated carbocycles. The number of rotatable bonds is 9. The van der Waals surface area contributed by atoms with E-state index in [1.165, 1.54) is 18.2 Å². The summed E-state index contributed by atoms with van der Waals surface area (Å²) in [6.45, 7) is 4.09. The number of hydrogen-bond acceptors (Lipinski definition) is 5. The fraction of sp³-hybridized carbons (Fsp3) is 0.240. The van der Waals surface area contributed by atoms with Crippen LogP contribution in [0, 0.1) is 13.8 Å². The van der Waals surface area contributed by atoms with Crippen LogP contribution in [0.25, 0.3) is 0 Å². The van der Waals surface area contributed by atoms with Crippen LogP contribution in [-0.4, -0.2) is 35.1 Å². The van der Waals surface area contributed by atoms with Gasteiger partial charge in [-0.05, 0) is 67.8 Å². The Morgan fingerprint density at radius 1 is 0.941 bits per heavy atom. The van der Waals surface area contributed by atoms with E-state index in [4.69, 9.17) is 21.1 Å². The predicted octanol–water partition coefficient (Wildman–Crippen LogP) is 4.75. The zero-order valence-corrected chi connectivity index (χ0v) is 21.0. The summed E-state index contributed by atoms with van der Waals surface area (Å²) in [5.74, 6) is 0.829. The quantitative estimate of drug-likeness (QED) is 0.440. The number of halogens is 1. The maximum absolute atomic E-state index is 13.0. The summed E-state index contributed by atoms with van der Waals surface area (Å²) in [6.07, 6.45) is 0.555. The number of carbonyl (C=O) groups excluding carboxylic acids is 1. The van der Waals surface area contributed by atoms with Gasteiger partial charge in [0.25, 0.3) is 15.9 Å². The highest BCUT2D eigenvalue weighted by Crippen LogP contribution is 2.28. The van der Waals surface area contributed by atoms with Crippen LogP contribution < -0.4 is 19.5 Å². The molecular weight excluding hydrogens is 476 g/mol. The largest absolute Gasteiger partial charge is 0.493 e. The average Bonchev–Trinajstić information content (AvgIpc) is 2.80. The normalized spacial score (nSPS) is 11.1. The molecule has 0 aromatic heterocycles. The van der Waals surface area contributed by atoms with Gasteiger partial charge < -0.3 is 14.8 Å². The molecule has 3 aromatic rings. The molecule has 180 valence electrons. The number of aryl methyl sites for hydroxylation is 2. The second-order valence-corrected chi connectivity index (χ2v) is 9.82. The van der Waals surface area contributed by atoms with Crippen LogP contribution in [0.5, 0.6) is 11.5 Å². The number of anilines is 1. The summed E-state index contributed by atoms with van der Waals surface area (Å²) < 4.78 is 39.1. The maximum atomic E-state index is 13.0. The Bertz CT molecular complexity index is 1310. The summed E-state index contributed by atoms with van der Waals surface area (Å²) in [7, 11) is -0.876. The summed E-state index contributed by atoms with van der Waals surface area (Å²) in [5.41, 5.74) is 3.40. The monoisotopic (exact) mass is 502 g/mol. The highest BCUT2D eigenvalue weighted by atomic mass is 35.5. The molecule has 0 aliphatic rings. The Labute approximate surface area is 205 Å². The van der Waals surface area contributed by atoms with Crippen molar-refractivity contribution in [1.29, 1.82) is 0 Å². The smallest absolute Gasteiger partial charge is 0.263 e. The molecule has 0 atom stereocenters. The molecule has 3 rings (SSSR count). The summed E-state index contributed by atoms with van der Waals surface area (Å²) in [5, 5.41) is 2.83.